The molecule has 0 aromatic heterocycles. The van der Waals surface area contributed by atoms with Crippen LogP contribution in [0.4, 0.5) is 17.1 Å². The molecular formula is C65H45N. The summed E-state index contributed by atoms with van der Waals surface area (Å²) in [5.41, 5.74) is 19.1. The summed E-state index contributed by atoms with van der Waals surface area (Å²) in [6.45, 7) is 2.40. The van der Waals surface area contributed by atoms with Gasteiger partial charge in [0.2, 0.25) is 0 Å². The summed E-state index contributed by atoms with van der Waals surface area (Å²) in [6.07, 6.45) is 0. The first kappa shape index (κ1) is 38.2. The summed E-state index contributed by atoms with van der Waals surface area (Å²) >= 11 is 0. The molecule has 0 radical (unpaired) electrons. The number of fused-ring (bicyclic) bond motifs is 9. The van der Waals surface area contributed by atoms with Crippen molar-refractivity contribution in [1.29, 1.82) is 0 Å². The molecule has 13 rings (SSSR count). The molecule has 0 heterocycles. The number of hydrogen-bond acceptors (Lipinski definition) is 1. The van der Waals surface area contributed by atoms with Crippen molar-refractivity contribution in [1.82, 2.24) is 0 Å². The maximum absolute atomic E-state index is 2.51. The Balaban J connectivity index is 1.06. The minimum atomic E-state index is -0.533. The molecule has 0 spiro atoms. The summed E-state index contributed by atoms with van der Waals surface area (Å²) in [5, 5.41) is 4.97. The average molecular weight is 840 g/mol. The predicted octanol–water partition coefficient (Wildman–Crippen LogP) is 16.8. The molecule has 1 nitrogen and oxygen atoms in total. The van der Waals surface area contributed by atoms with E-state index in [1.165, 1.54) is 93.9 Å². The van der Waals surface area contributed by atoms with Gasteiger partial charge in [-0.05, 0) is 132 Å². The van der Waals surface area contributed by atoms with Gasteiger partial charge in [-0.3, -0.25) is 0 Å². The summed E-state index contributed by atoms with van der Waals surface area (Å²) in [4.78, 5) is 2.51. The summed E-state index contributed by atoms with van der Waals surface area (Å²) < 4.78 is 0. The van der Waals surface area contributed by atoms with E-state index < -0.39 is 5.41 Å². The van der Waals surface area contributed by atoms with Crippen LogP contribution < -0.4 is 4.90 Å². The molecule has 0 fully saturated rings. The average Bonchev–Trinajstić information content (AvgIpc) is 3.84. The fourth-order valence-corrected chi connectivity index (χ4v) is 11.8. The van der Waals surface area contributed by atoms with Crippen LogP contribution in [0.5, 0.6) is 0 Å². The number of nitrogens with zero attached hydrogens (tertiary/aromatic N) is 1. The van der Waals surface area contributed by atoms with E-state index in [4.69, 9.17) is 0 Å². The lowest BCUT2D eigenvalue weighted by molar-refractivity contribution is 0.714. The van der Waals surface area contributed by atoms with Crippen LogP contribution >= 0.6 is 0 Å². The highest BCUT2D eigenvalue weighted by Gasteiger charge is 2.46. The zero-order valence-corrected chi connectivity index (χ0v) is 36.7. The van der Waals surface area contributed by atoms with E-state index in [2.05, 4.69) is 267 Å². The molecule has 310 valence electrons. The highest BCUT2D eigenvalue weighted by Crippen LogP contribution is 2.58. The standard InChI is InChI=1S/C65H45N/c1-64(47-20-5-2-6-21-47)59-30-16-13-28-55(59)57-38-35-46(42-61(57)64)54-27-15-18-32-63(54)66(50-36-39-53-45(41-50)34-33-44-19-11-12-26-52(44)53)51-37-40-58-56-29-14-17-31-60(56)65(62(58)43-51,48-22-7-3-8-23-48)49-24-9-4-10-25-49/h2-43H,1H3. The maximum atomic E-state index is 2.51. The normalized spacial score (nSPS) is 15.2. The largest absolute Gasteiger partial charge is 0.310 e. The maximum Gasteiger partial charge on any atom is 0.0714 e. The third-order valence-electron chi connectivity index (χ3n) is 14.8. The van der Waals surface area contributed by atoms with Crippen molar-refractivity contribution in [2.24, 2.45) is 0 Å². The van der Waals surface area contributed by atoms with Crippen LogP contribution in [0.15, 0.2) is 255 Å². The Bertz CT molecular complexity index is 3620. The van der Waals surface area contributed by atoms with Crippen molar-refractivity contribution in [3.63, 3.8) is 0 Å². The van der Waals surface area contributed by atoms with Crippen molar-refractivity contribution < 1.29 is 0 Å². The van der Waals surface area contributed by atoms with Gasteiger partial charge in [0.15, 0.2) is 0 Å². The van der Waals surface area contributed by atoms with Gasteiger partial charge in [0.1, 0.15) is 0 Å². The van der Waals surface area contributed by atoms with Crippen molar-refractivity contribution in [3.8, 4) is 33.4 Å². The third-order valence-corrected chi connectivity index (χ3v) is 14.8. The summed E-state index contributed by atoms with van der Waals surface area (Å²) in [7, 11) is 0. The molecule has 1 atom stereocenters. The number of anilines is 3. The molecule has 66 heavy (non-hydrogen) atoms. The second-order valence-corrected chi connectivity index (χ2v) is 18.1. The Hall–Kier alpha value is -8.26. The van der Waals surface area contributed by atoms with Crippen molar-refractivity contribution in [2.75, 3.05) is 4.90 Å². The third kappa shape index (κ3) is 5.53. The first-order chi connectivity index (χ1) is 32.6. The topological polar surface area (TPSA) is 3.24 Å². The molecular weight excluding hydrogens is 795 g/mol. The molecule has 0 aliphatic heterocycles. The lowest BCUT2D eigenvalue weighted by atomic mass is 9.67. The molecule has 11 aromatic carbocycles. The van der Waals surface area contributed by atoms with E-state index in [0.717, 1.165) is 17.1 Å². The zero-order valence-electron chi connectivity index (χ0n) is 36.7. The highest BCUT2D eigenvalue weighted by molar-refractivity contribution is 6.09. The molecule has 0 amide bonds. The molecule has 2 aliphatic carbocycles. The monoisotopic (exact) mass is 839 g/mol. The van der Waals surface area contributed by atoms with Crippen molar-refractivity contribution in [3.05, 3.63) is 294 Å². The van der Waals surface area contributed by atoms with Crippen molar-refractivity contribution >= 4 is 38.6 Å². The molecule has 0 N–H and O–H groups in total. The first-order valence-corrected chi connectivity index (χ1v) is 23.1. The van der Waals surface area contributed by atoms with E-state index in [-0.39, 0.29) is 5.41 Å². The Kier molecular flexibility index (Phi) is 8.63. The van der Waals surface area contributed by atoms with Crippen molar-refractivity contribution in [2.45, 2.75) is 17.8 Å². The Morgan fingerprint density at radius 3 is 1.55 bits per heavy atom. The number of para-hydroxylation sites is 1. The van der Waals surface area contributed by atoms with E-state index >= 15 is 0 Å². The quantitative estimate of drug-likeness (QED) is 0.145. The number of benzene rings is 11. The van der Waals surface area contributed by atoms with Crippen LogP contribution in [0, 0.1) is 0 Å². The smallest absolute Gasteiger partial charge is 0.0714 e. The molecule has 0 bridgehead atoms. The van der Waals surface area contributed by atoms with Crippen LogP contribution in [0.3, 0.4) is 0 Å². The van der Waals surface area contributed by atoms with Crippen LogP contribution in [0.1, 0.15) is 45.9 Å². The minimum Gasteiger partial charge on any atom is -0.310 e. The molecule has 2 aliphatic rings. The molecule has 0 saturated carbocycles. The molecule has 11 aromatic rings. The van der Waals surface area contributed by atoms with Gasteiger partial charge in [-0.1, -0.05) is 218 Å². The van der Waals surface area contributed by atoms with Crippen LogP contribution in [-0.2, 0) is 10.8 Å². The number of rotatable bonds is 7. The summed E-state index contributed by atoms with van der Waals surface area (Å²) in [5.74, 6) is 0. The van der Waals surface area contributed by atoms with E-state index in [9.17, 15) is 0 Å². The lowest BCUT2D eigenvalue weighted by Gasteiger charge is -2.35. The highest BCUT2D eigenvalue weighted by atomic mass is 15.1. The minimum absolute atomic E-state index is 0.313. The lowest BCUT2D eigenvalue weighted by Crippen LogP contribution is -2.28. The fourth-order valence-electron chi connectivity index (χ4n) is 11.8. The van der Waals surface area contributed by atoms with Gasteiger partial charge >= 0.3 is 0 Å². The molecule has 1 heteroatoms. The molecule has 0 saturated heterocycles. The Morgan fingerprint density at radius 1 is 0.303 bits per heavy atom. The van der Waals surface area contributed by atoms with Gasteiger partial charge in [-0.15, -0.1) is 0 Å². The van der Waals surface area contributed by atoms with Crippen LogP contribution in [0.2, 0.25) is 0 Å². The van der Waals surface area contributed by atoms with Gasteiger partial charge in [-0.25, -0.2) is 0 Å². The second-order valence-electron chi connectivity index (χ2n) is 18.1. The van der Waals surface area contributed by atoms with E-state index in [1.807, 2.05) is 0 Å². The second kappa shape index (κ2) is 14.9. The Labute approximate surface area is 386 Å². The fraction of sp³-hybridized carbons (Fsp3) is 0.0462. The predicted molar refractivity (Wildman–Crippen MR) is 276 cm³/mol. The Morgan fingerprint density at radius 2 is 0.803 bits per heavy atom. The van der Waals surface area contributed by atoms with Crippen LogP contribution in [-0.4, -0.2) is 0 Å². The van der Waals surface area contributed by atoms with Gasteiger partial charge < -0.3 is 4.90 Å². The van der Waals surface area contributed by atoms with E-state index in [1.54, 1.807) is 0 Å². The van der Waals surface area contributed by atoms with Gasteiger partial charge in [0.05, 0.1) is 11.1 Å². The van der Waals surface area contributed by atoms with E-state index in [0.29, 0.717) is 0 Å². The SMILES string of the molecule is CC1(c2ccccc2)c2ccccc2-c2ccc(-c3ccccc3N(c3ccc4c(c3)C(c3ccccc3)(c3ccccc3)c3ccccc3-4)c3ccc4c(ccc5ccccc54)c3)cc21. The van der Waals surface area contributed by atoms with Gasteiger partial charge in [0.25, 0.3) is 0 Å². The van der Waals surface area contributed by atoms with Crippen LogP contribution in [0.25, 0.3) is 54.9 Å². The summed E-state index contributed by atoms with van der Waals surface area (Å²) in [6, 6.07) is 94.9. The van der Waals surface area contributed by atoms with Gasteiger partial charge in [-0.2, -0.15) is 0 Å². The first-order valence-electron chi connectivity index (χ1n) is 23.1. The van der Waals surface area contributed by atoms with Gasteiger partial charge in [0, 0.05) is 22.4 Å². The number of hydrogen-bond donors (Lipinski definition) is 0. The zero-order chi connectivity index (χ0) is 43.8. The molecule has 1 unspecified atom stereocenters.